The normalized spacial score (nSPS) is 9.96. The summed E-state index contributed by atoms with van der Waals surface area (Å²) < 4.78 is 0.375. The third-order valence-corrected chi connectivity index (χ3v) is 4.58. The van der Waals surface area contributed by atoms with E-state index in [2.05, 4.69) is 20.9 Å². The first kappa shape index (κ1) is 20.7. The summed E-state index contributed by atoms with van der Waals surface area (Å²) in [6.45, 7) is 0. The van der Waals surface area contributed by atoms with Gasteiger partial charge >= 0.3 is 17.1 Å². The Morgan fingerprint density at radius 2 is 1.67 bits per heavy atom. The maximum atomic E-state index is 11.1. The minimum Gasteiger partial charge on any atom is -0.871 e. The van der Waals surface area contributed by atoms with Crippen LogP contribution in [0.2, 0.25) is 0 Å². The van der Waals surface area contributed by atoms with Crippen molar-refractivity contribution in [1.29, 1.82) is 0 Å². The third kappa shape index (κ3) is 4.39. The van der Waals surface area contributed by atoms with Crippen LogP contribution in [0.1, 0.15) is 10.4 Å². The largest absolute Gasteiger partial charge is 2.00 e. The van der Waals surface area contributed by atoms with Gasteiger partial charge in [-0.05, 0) is 44.2 Å². The standard InChI is InChI=1S/C11H7BrO3.C9H7NO.Cu/c12-9-7-4-2-1-3-6(7)5-8(10(9)13)11(14)15;11-8-5-1-3-7-4-2-6-10-9(7)8;/h1-5,13H,(H,14,15);1-6,11H;/q;;+2/p-2. The number of rotatable bonds is 1. The zero-order valence-electron chi connectivity index (χ0n) is 13.6. The summed E-state index contributed by atoms with van der Waals surface area (Å²) in [5.41, 5.74) is 0.343. The number of phenols is 1. The molecule has 0 amide bonds. The first-order valence-corrected chi connectivity index (χ1v) is 8.40. The Labute approximate surface area is 173 Å². The van der Waals surface area contributed by atoms with E-state index in [1.165, 1.54) is 12.1 Å². The van der Waals surface area contributed by atoms with Gasteiger partial charge in [-0.1, -0.05) is 54.3 Å². The molecule has 0 atom stereocenters. The number of carboxylic acids is 1. The van der Waals surface area contributed by atoms with Crippen LogP contribution in [0.25, 0.3) is 21.7 Å². The average Bonchev–Trinajstić information content (AvgIpc) is 2.65. The van der Waals surface area contributed by atoms with Crippen LogP contribution in [-0.4, -0.2) is 16.1 Å². The molecule has 0 saturated heterocycles. The second-order valence-electron chi connectivity index (χ2n) is 5.43. The van der Waals surface area contributed by atoms with Crippen molar-refractivity contribution >= 4 is 43.6 Å². The van der Waals surface area contributed by atoms with E-state index in [1.807, 2.05) is 24.3 Å². The second-order valence-corrected chi connectivity index (χ2v) is 6.22. The predicted octanol–water partition coefficient (Wildman–Crippen LogP) is 2.98. The van der Waals surface area contributed by atoms with Crippen molar-refractivity contribution in [3.63, 3.8) is 0 Å². The molecular weight excluding hydrogens is 462 g/mol. The van der Waals surface area contributed by atoms with E-state index < -0.39 is 5.97 Å². The number of aromatic hydroxyl groups is 1. The number of hydrogen-bond acceptors (Lipinski definition) is 5. The number of hydrogen-bond donors (Lipinski definition) is 1. The number of carbonyl (C=O) groups excluding carboxylic acids is 1. The molecule has 7 heteroatoms. The molecule has 5 nitrogen and oxygen atoms in total. The number of aromatic carboxylic acids is 1. The molecule has 1 N–H and O–H groups in total. The van der Waals surface area contributed by atoms with Crippen molar-refractivity contribution in [2.45, 2.75) is 0 Å². The minimum atomic E-state index is -1.39. The fraction of sp³-hybridized carbons (Fsp3) is 0. The molecule has 0 saturated carbocycles. The Balaban J connectivity index is 0.000000194. The molecule has 0 spiro atoms. The van der Waals surface area contributed by atoms with Crippen LogP contribution in [0.4, 0.5) is 0 Å². The molecule has 0 aliphatic rings. The van der Waals surface area contributed by atoms with Crippen molar-refractivity contribution in [2.24, 2.45) is 0 Å². The molecule has 1 aromatic heterocycles. The van der Waals surface area contributed by atoms with E-state index in [9.17, 15) is 20.1 Å². The van der Waals surface area contributed by atoms with Crippen molar-refractivity contribution in [3.05, 3.63) is 76.9 Å². The summed E-state index contributed by atoms with van der Waals surface area (Å²) in [5, 5.41) is 33.8. The van der Waals surface area contributed by atoms with Gasteiger partial charge in [0.05, 0.1) is 16.0 Å². The van der Waals surface area contributed by atoms with Crippen molar-refractivity contribution in [3.8, 4) is 11.5 Å². The number of nitrogens with zero attached hydrogens (tertiary/aromatic N) is 1. The first-order valence-electron chi connectivity index (χ1n) is 7.61. The molecule has 0 unspecified atom stereocenters. The molecule has 4 rings (SSSR count). The summed E-state index contributed by atoms with van der Waals surface area (Å²) in [7, 11) is 0. The number of benzene rings is 3. The number of carbonyl (C=O) groups is 1. The molecule has 1 heterocycles. The summed E-state index contributed by atoms with van der Waals surface area (Å²) in [4.78, 5) is 14.7. The van der Waals surface area contributed by atoms with Gasteiger partial charge in [0, 0.05) is 11.8 Å². The van der Waals surface area contributed by atoms with Crippen LogP contribution >= 0.6 is 15.9 Å². The van der Waals surface area contributed by atoms with Gasteiger partial charge in [-0.3, -0.25) is 4.98 Å². The zero-order valence-corrected chi connectivity index (χ0v) is 16.2. The van der Waals surface area contributed by atoms with Crippen molar-refractivity contribution in [1.82, 2.24) is 4.98 Å². The Hall–Kier alpha value is -2.60. The van der Waals surface area contributed by atoms with Crippen molar-refractivity contribution in [2.75, 3.05) is 0 Å². The van der Waals surface area contributed by atoms with Gasteiger partial charge in [-0.2, -0.15) is 0 Å². The average molecular weight is 474 g/mol. The SMILES string of the molecule is O=C([O-])c1cc2ccccc2c(Br)c1O.[Cu+2].[O-]c1cccc2cccnc12. The van der Waals surface area contributed by atoms with Crippen LogP contribution in [0.3, 0.4) is 0 Å². The minimum absolute atomic E-state index is 0. The Kier molecular flexibility index (Phi) is 6.80. The Bertz CT molecular complexity index is 1110. The maximum Gasteiger partial charge on any atom is 2.00 e. The number of aromatic nitrogens is 1. The van der Waals surface area contributed by atoms with Crippen molar-refractivity contribution < 1.29 is 37.2 Å². The van der Waals surface area contributed by atoms with Crippen LogP contribution in [0.5, 0.6) is 11.5 Å². The second kappa shape index (κ2) is 8.86. The van der Waals surface area contributed by atoms with Gasteiger partial charge in [0.1, 0.15) is 5.75 Å². The van der Waals surface area contributed by atoms with Gasteiger partial charge in [0.15, 0.2) is 0 Å². The van der Waals surface area contributed by atoms with E-state index in [0.717, 1.165) is 16.2 Å². The summed E-state index contributed by atoms with van der Waals surface area (Å²) in [6, 6.07) is 17.4. The van der Waals surface area contributed by atoms with E-state index in [0.29, 0.717) is 9.99 Å². The maximum absolute atomic E-state index is 11.1. The number of pyridine rings is 1. The molecule has 0 bridgehead atoms. The molecule has 1 radical (unpaired) electrons. The van der Waals surface area contributed by atoms with E-state index in [1.54, 1.807) is 30.5 Å². The van der Waals surface area contributed by atoms with E-state index in [-0.39, 0.29) is 34.1 Å². The number of fused-ring (bicyclic) bond motifs is 2. The number of halogens is 1. The van der Waals surface area contributed by atoms with Gasteiger partial charge < -0.3 is 20.1 Å². The van der Waals surface area contributed by atoms with Crippen LogP contribution in [0, 0.1) is 0 Å². The summed E-state index contributed by atoms with van der Waals surface area (Å²) in [5.74, 6) is -1.70. The van der Waals surface area contributed by atoms with Crippen LogP contribution in [-0.2, 0) is 17.1 Å². The molecule has 4 aromatic rings. The molecule has 139 valence electrons. The predicted molar refractivity (Wildman–Crippen MR) is 98.8 cm³/mol. The number of para-hydroxylation sites is 1. The topological polar surface area (TPSA) is 96.3 Å². The van der Waals surface area contributed by atoms with Crippen LogP contribution in [0.15, 0.2) is 71.3 Å². The van der Waals surface area contributed by atoms with Gasteiger partial charge in [-0.25, -0.2) is 0 Å². The fourth-order valence-corrected chi connectivity index (χ4v) is 3.10. The fourth-order valence-electron chi connectivity index (χ4n) is 2.52. The quantitative estimate of drug-likeness (QED) is 0.429. The Morgan fingerprint density at radius 1 is 1.00 bits per heavy atom. The molecule has 0 aliphatic carbocycles. The first-order chi connectivity index (χ1) is 12.5. The molecule has 27 heavy (non-hydrogen) atoms. The van der Waals surface area contributed by atoms with Gasteiger partial charge in [-0.15, -0.1) is 0 Å². The summed E-state index contributed by atoms with van der Waals surface area (Å²) >= 11 is 3.16. The van der Waals surface area contributed by atoms with Gasteiger partial charge in [0.2, 0.25) is 0 Å². The molecule has 0 aliphatic heterocycles. The third-order valence-electron chi connectivity index (χ3n) is 3.78. The Morgan fingerprint density at radius 3 is 2.37 bits per heavy atom. The molecular formula is C20H12BrCuNO4. The van der Waals surface area contributed by atoms with Gasteiger partial charge in [0.25, 0.3) is 0 Å². The monoisotopic (exact) mass is 472 g/mol. The van der Waals surface area contributed by atoms with E-state index >= 15 is 0 Å². The van der Waals surface area contributed by atoms with Crippen LogP contribution < -0.4 is 10.2 Å². The number of carboxylic acid groups (broad SMARTS) is 1. The zero-order chi connectivity index (χ0) is 18.7. The molecule has 3 aromatic carbocycles. The smallest absolute Gasteiger partial charge is 0.871 e. The molecule has 0 fully saturated rings. The van der Waals surface area contributed by atoms with E-state index in [4.69, 9.17) is 0 Å². The summed E-state index contributed by atoms with van der Waals surface area (Å²) in [6.07, 6.45) is 1.63.